The molecule has 2 heterocycles. The Kier molecular flexibility index (Phi) is 1.86. The van der Waals surface area contributed by atoms with E-state index in [1.807, 2.05) is 5.51 Å². The van der Waals surface area contributed by atoms with Crippen molar-refractivity contribution in [3.8, 4) is 11.4 Å². The lowest BCUT2D eigenvalue weighted by molar-refractivity contribution is 0.973. The smallest absolute Gasteiger partial charge is 0.0975 e. The zero-order valence-corrected chi connectivity index (χ0v) is 9.16. The van der Waals surface area contributed by atoms with Crippen LogP contribution in [-0.4, -0.2) is 9.55 Å². The van der Waals surface area contributed by atoms with E-state index in [4.69, 9.17) is 0 Å². The maximum Gasteiger partial charge on any atom is 0.0975 e. The van der Waals surface area contributed by atoms with Gasteiger partial charge in [0.1, 0.15) is 0 Å². The van der Waals surface area contributed by atoms with Crippen LogP contribution in [0.5, 0.6) is 0 Å². The number of benzene rings is 1. The van der Waals surface area contributed by atoms with Gasteiger partial charge in [0.2, 0.25) is 0 Å². The Morgan fingerprint density at radius 2 is 2.13 bits per heavy atom. The second-order valence-corrected chi connectivity index (χ2v) is 4.24. The van der Waals surface area contributed by atoms with Crippen molar-refractivity contribution in [2.24, 2.45) is 7.05 Å². The minimum Gasteiger partial charge on any atom is -0.342 e. The van der Waals surface area contributed by atoms with E-state index < -0.39 is 0 Å². The number of fused-ring (bicyclic) bond motifs is 1. The number of thiazole rings is 1. The molecule has 0 N–H and O–H groups in total. The Morgan fingerprint density at radius 3 is 2.87 bits per heavy atom. The molecule has 0 saturated heterocycles. The van der Waals surface area contributed by atoms with E-state index in [2.05, 4.69) is 52.3 Å². The maximum absolute atomic E-state index is 4.34. The van der Waals surface area contributed by atoms with Gasteiger partial charge in [-0.2, -0.15) is 0 Å². The summed E-state index contributed by atoms with van der Waals surface area (Å²) >= 11 is 1.63. The van der Waals surface area contributed by atoms with Crippen LogP contribution in [0.25, 0.3) is 22.3 Å². The van der Waals surface area contributed by atoms with Crippen LogP contribution in [0.2, 0.25) is 0 Å². The van der Waals surface area contributed by atoms with Crippen LogP contribution in [0.4, 0.5) is 0 Å². The second kappa shape index (κ2) is 3.21. The first-order valence-electron chi connectivity index (χ1n) is 4.79. The summed E-state index contributed by atoms with van der Waals surface area (Å²) in [4.78, 5) is 4.34. The fourth-order valence-electron chi connectivity index (χ4n) is 1.87. The van der Waals surface area contributed by atoms with Crippen molar-refractivity contribution in [1.82, 2.24) is 9.55 Å². The van der Waals surface area contributed by atoms with E-state index in [0.717, 1.165) is 5.69 Å². The third-order valence-corrected chi connectivity index (χ3v) is 3.23. The number of para-hydroxylation sites is 1. The summed E-state index contributed by atoms with van der Waals surface area (Å²) < 4.78 is 2.18. The van der Waals surface area contributed by atoms with Crippen molar-refractivity contribution in [3.63, 3.8) is 0 Å². The van der Waals surface area contributed by atoms with Gasteiger partial charge >= 0.3 is 0 Å². The van der Waals surface area contributed by atoms with Crippen LogP contribution in [0.15, 0.2) is 41.2 Å². The Bertz CT molecular complexity index is 593. The Balaban J connectivity index is 2.33. The summed E-state index contributed by atoms with van der Waals surface area (Å²) in [7, 11) is 2.08. The van der Waals surface area contributed by atoms with Crippen LogP contribution < -0.4 is 0 Å². The van der Waals surface area contributed by atoms with Crippen LogP contribution in [0.3, 0.4) is 0 Å². The quantitative estimate of drug-likeness (QED) is 0.607. The SMILES string of the molecule is Cn1c(-c2cscn2)cc2ccccc21. The first kappa shape index (κ1) is 8.68. The fraction of sp³-hybridized carbons (Fsp3) is 0.0833. The molecule has 2 nitrogen and oxygen atoms in total. The molecule has 0 aliphatic carbocycles. The Labute approximate surface area is 91.8 Å². The maximum atomic E-state index is 4.34. The monoisotopic (exact) mass is 214 g/mol. The molecule has 0 radical (unpaired) electrons. The average molecular weight is 214 g/mol. The van der Waals surface area contributed by atoms with Gasteiger partial charge in [0.15, 0.2) is 0 Å². The zero-order chi connectivity index (χ0) is 10.3. The van der Waals surface area contributed by atoms with Crippen LogP contribution in [-0.2, 0) is 7.05 Å². The minimum absolute atomic E-state index is 1.05. The standard InChI is InChI=1S/C12H10N2S/c1-14-11-5-3-2-4-9(11)6-12(14)10-7-15-8-13-10/h2-8H,1H3. The van der Waals surface area contributed by atoms with E-state index in [1.165, 1.54) is 16.6 Å². The predicted octanol–water partition coefficient (Wildman–Crippen LogP) is 3.30. The van der Waals surface area contributed by atoms with Crippen molar-refractivity contribution >= 4 is 22.2 Å². The molecule has 2 aromatic heterocycles. The van der Waals surface area contributed by atoms with Crippen molar-refractivity contribution in [2.45, 2.75) is 0 Å². The van der Waals surface area contributed by atoms with Gasteiger partial charge in [-0.25, -0.2) is 4.98 Å². The van der Waals surface area contributed by atoms with E-state index in [0.29, 0.717) is 0 Å². The average Bonchev–Trinajstić information content (AvgIpc) is 2.87. The van der Waals surface area contributed by atoms with Crippen molar-refractivity contribution in [1.29, 1.82) is 0 Å². The normalized spacial score (nSPS) is 11.0. The molecule has 3 heteroatoms. The Morgan fingerprint density at radius 1 is 1.27 bits per heavy atom. The van der Waals surface area contributed by atoms with Gasteiger partial charge in [0.25, 0.3) is 0 Å². The molecule has 1 aromatic carbocycles. The van der Waals surface area contributed by atoms with Gasteiger partial charge in [-0.3, -0.25) is 0 Å². The van der Waals surface area contributed by atoms with Crippen molar-refractivity contribution < 1.29 is 0 Å². The highest BCUT2D eigenvalue weighted by Gasteiger charge is 2.07. The summed E-state index contributed by atoms with van der Waals surface area (Å²) in [5.74, 6) is 0. The molecule has 0 unspecified atom stereocenters. The highest BCUT2D eigenvalue weighted by atomic mass is 32.1. The molecular formula is C12H10N2S. The lowest BCUT2D eigenvalue weighted by Gasteiger charge is -2.00. The van der Waals surface area contributed by atoms with Gasteiger partial charge in [0.05, 0.1) is 16.9 Å². The molecule has 0 spiro atoms. The highest BCUT2D eigenvalue weighted by Crippen LogP contribution is 2.26. The molecule has 0 atom stereocenters. The van der Waals surface area contributed by atoms with Crippen LogP contribution >= 0.6 is 11.3 Å². The third kappa shape index (κ3) is 1.27. The minimum atomic E-state index is 1.05. The molecule has 15 heavy (non-hydrogen) atoms. The molecular weight excluding hydrogens is 204 g/mol. The third-order valence-electron chi connectivity index (χ3n) is 2.65. The van der Waals surface area contributed by atoms with Gasteiger partial charge < -0.3 is 4.57 Å². The summed E-state index contributed by atoms with van der Waals surface area (Å²) in [6.45, 7) is 0. The molecule has 3 aromatic rings. The second-order valence-electron chi connectivity index (χ2n) is 3.52. The molecule has 0 saturated carbocycles. The first-order chi connectivity index (χ1) is 7.36. The number of aromatic nitrogens is 2. The predicted molar refractivity (Wildman–Crippen MR) is 64.0 cm³/mol. The molecule has 0 fully saturated rings. The lowest BCUT2D eigenvalue weighted by Crippen LogP contribution is -1.90. The molecule has 0 aliphatic heterocycles. The van der Waals surface area contributed by atoms with Gasteiger partial charge in [-0.05, 0) is 12.1 Å². The first-order valence-corrected chi connectivity index (χ1v) is 5.73. The van der Waals surface area contributed by atoms with Gasteiger partial charge in [-0.1, -0.05) is 18.2 Å². The molecule has 74 valence electrons. The number of aryl methyl sites for hydroxylation is 1. The number of hydrogen-bond acceptors (Lipinski definition) is 2. The van der Waals surface area contributed by atoms with E-state index in [1.54, 1.807) is 11.3 Å². The van der Waals surface area contributed by atoms with Gasteiger partial charge in [-0.15, -0.1) is 11.3 Å². The number of rotatable bonds is 1. The number of nitrogens with zero attached hydrogens (tertiary/aromatic N) is 2. The van der Waals surface area contributed by atoms with Gasteiger partial charge in [0, 0.05) is 23.3 Å². The summed E-state index contributed by atoms with van der Waals surface area (Å²) in [5, 5.41) is 3.34. The Hall–Kier alpha value is -1.61. The topological polar surface area (TPSA) is 17.8 Å². The van der Waals surface area contributed by atoms with E-state index in [9.17, 15) is 0 Å². The fourth-order valence-corrected chi connectivity index (χ4v) is 2.42. The van der Waals surface area contributed by atoms with Crippen molar-refractivity contribution in [2.75, 3.05) is 0 Å². The van der Waals surface area contributed by atoms with Crippen LogP contribution in [0.1, 0.15) is 0 Å². The molecule has 3 rings (SSSR count). The zero-order valence-electron chi connectivity index (χ0n) is 8.34. The summed E-state index contributed by atoms with van der Waals surface area (Å²) in [6.07, 6.45) is 0. The molecule has 0 amide bonds. The largest absolute Gasteiger partial charge is 0.342 e. The van der Waals surface area contributed by atoms with E-state index >= 15 is 0 Å². The summed E-state index contributed by atoms with van der Waals surface area (Å²) in [6, 6.07) is 10.6. The van der Waals surface area contributed by atoms with Crippen LogP contribution in [0, 0.1) is 0 Å². The lowest BCUT2D eigenvalue weighted by atomic mass is 10.2. The van der Waals surface area contributed by atoms with Crippen molar-refractivity contribution in [3.05, 3.63) is 41.2 Å². The molecule has 0 bridgehead atoms. The summed E-state index contributed by atoms with van der Waals surface area (Å²) in [5.41, 5.74) is 5.35. The molecule has 0 aliphatic rings. The highest BCUT2D eigenvalue weighted by molar-refractivity contribution is 7.07. The number of hydrogen-bond donors (Lipinski definition) is 0. The van der Waals surface area contributed by atoms with E-state index in [-0.39, 0.29) is 0 Å².